The lowest BCUT2D eigenvalue weighted by Crippen LogP contribution is -2.19. The summed E-state index contributed by atoms with van der Waals surface area (Å²) in [5, 5.41) is 3.32. The minimum atomic E-state index is 0.393. The van der Waals surface area contributed by atoms with E-state index in [-0.39, 0.29) is 0 Å². The van der Waals surface area contributed by atoms with E-state index in [1.807, 2.05) is 6.07 Å². The molecule has 1 aliphatic rings. The molecule has 0 saturated heterocycles. The van der Waals surface area contributed by atoms with Gasteiger partial charge in [-0.25, -0.2) is 0 Å². The van der Waals surface area contributed by atoms with Crippen LogP contribution in [0.15, 0.2) is 18.2 Å². The van der Waals surface area contributed by atoms with Crippen molar-refractivity contribution in [1.29, 1.82) is 0 Å². The third-order valence-electron chi connectivity index (χ3n) is 2.70. The minimum Gasteiger partial charge on any atom is -0.399 e. The van der Waals surface area contributed by atoms with E-state index in [0.29, 0.717) is 12.6 Å². The molecule has 1 atom stereocenters. The van der Waals surface area contributed by atoms with E-state index in [0.717, 1.165) is 18.5 Å². The highest BCUT2D eigenvalue weighted by Crippen LogP contribution is 2.32. The lowest BCUT2D eigenvalue weighted by atomic mass is 10.1. The molecule has 0 spiro atoms. The van der Waals surface area contributed by atoms with Gasteiger partial charge in [0.25, 0.3) is 0 Å². The highest BCUT2D eigenvalue weighted by molar-refractivity contribution is 5.47. The van der Waals surface area contributed by atoms with Crippen molar-refractivity contribution in [2.24, 2.45) is 0 Å². The van der Waals surface area contributed by atoms with Crippen LogP contribution in [0, 0.1) is 12.3 Å². The van der Waals surface area contributed by atoms with Crippen LogP contribution in [0.3, 0.4) is 0 Å². The molecule has 72 valence electrons. The van der Waals surface area contributed by atoms with Crippen LogP contribution in [0.5, 0.6) is 0 Å². The number of nitrogen functional groups attached to an aromatic ring is 1. The number of hydrogen-bond donors (Lipinski definition) is 2. The van der Waals surface area contributed by atoms with Gasteiger partial charge in [0.1, 0.15) is 0 Å². The molecule has 1 aromatic carbocycles. The molecular weight excluding hydrogens is 172 g/mol. The number of rotatable bonds is 2. The van der Waals surface area contributed by atoms with Gasteiger partial charge in [-0.05, 0) is 36.1 Å². The van der Waals surface area contributed by atoms with E-state index in [4.69, 9.17) is 12.2 Å². The summed E-state index contributed by atoms with van der Waals surface area (Å²) in [6, 6.07) is 6.52. The second kappa shape index (κ2) is 3.73. The average molecular weight is 186 g/mol. The number of fused-ring (bicyclic) bond motifs is 1. The standard InChI is InChI=1S/C12H14N2/c1-2-7-14-12-6-4-9-3-5-10(13)8-11(9)12/h1,3,5,8,12,14H,4,6-7,13H2/t12-/m1/s1. The molecule has 0 unspecified atom stereocenters. The summed E-state index contributed by atoms with van der Waals surface area (Å²) >= 11 is 0. The lowest BCUT2D eigenvalue weighted by Gasteiger charge is -2.11. The van der Waals surface area contributed by atoms with Crippen molar-refractivity contribution >= 4 is 5.69 Å². The zero-order chi connectivity index (χ0) is 9.97. The average Bonchev–Trinajstić information content (AvgIpc) is 2.57. The van der Waals surface area contributed by atoms with Gasteiger partial charge in [0.05, 0.1) is 6.54 Å². The zero-order valence-electron chi connectivity index (χ0n) is 8.09. The van der Waals surface area contributed by atoms with Gasteiger partial charge in [-0.15, -0.1) is 6.42 Å². The van der Waals surface area contributed by atoms with Crippen LogP contribution >= 0.6 is 0 Å². The Bertz CT molecular complexity index is 376. The van der Waals surface area contributed by atoms with Gasteiger partial charge in [-0.2, -0.15) is 0 Å². The Morgan fingerprint density at radius 3 is 3.21 bits per heavy atom. The Labute approximate surface area is 84.5 Å². The Morgan fingerprint density at radius 1 is 1.57 bits per heavy atom. The smallest absolute Gasteiger partial charge is 0.0578 e. The predicted molar refractivity (Wildman–Crippen MR) is 58.8 cm³/mol. The molecular formula is C12H14N2. The highest BCUT2D eigenvalue weighted by Gasteiger charge is 2.21. The van der Waals surface area contributed by atoms with E-state index in [1.165, 1.54) is 11.1 Å². The van der Waals surface area contributed by atoms with Gasteiger partial charge in [0, 0.05) is 11.7 Å². The molecule has 1 aliphatic carbocycles. The first-order chi connectivity index (χ1) is 6.81. The van der Waals surface area contributed by atoms with Crippen molar-refractivity contribution in [1.82, 2.24) is 5.32 Å². The fraction of sp³-hybridized carbons (Fsp3) is 0.333. The maximum Gasteiger partial charge on any atom is 0.0578 e. The number of benzene rings is 1. The van der Waals surface area contributed by atoms with Gasteiger partial charge >= 0.3 is 0 Å². The lowest BCUT2D eigenvalue weighted by molar-refractivity contribution is 0.568. The number of anilines is 1. The first kappa shape index (κ1) is 9.11. The van der Waals surface area contributed by atoms with Crippen LogP contribution < -0.4 is 11.1 Å². The summed E-state index contributed by atoms with van der Waals surface area (Å²) in [5.41, 5.74) is 9.30. The van der Waals surface area contributed by atoms with Crippen LogP contribution in [0.1, 0.15) is 23.6 Å². The van der Waals surface area contributed by atoms with E-state index in [9.17, 15) is 0 Å². The molecule has 0 saturated carbocycles. The van der Waals surface area contributed by atoms with Gasteiger partial charge in [-0.1, -0.05) is 12.0 Å². The third-order valence-corrected chi connectivity index (χ3v) is 2.70. The summed E-state index contributed by atoms with van der Waals surface area (Å²) in [7, 11) is 0. The van der Waals surface area contributed by atoms with Crippen molar-refractivity contribution in [3.8, 4) is 12.3 Å². The molecule has 3 N–H and O–H groups in total. The molecule has 0 fully saturated rings. The molecule has 1 aromatic rings. The summed E-state index contributed by atoms with van der Waals surface area (Å²) in [6.45, 7) is 0.624. The predicted octanol–water partition coefficient (Wildman–Crippen LogP) is 1.48. The molecule has 14 heavy (non-hydrogen) atoms. The van der Waals surface area contributed by atoms with E-state index in [2.05, 4.69) is 23.4 Å². The van der Waals surface area contributed by atoms with E-state index in [1.54, 1.807) is 0 Å². The minimum absolute atomic E-state index is 0.393. The maximum atomic E-state index is 5.75. The molecule has 2 rings (SSSR count). The molecule has 2 heteroatoms. The van der Waals surface area contributed by atoms with Gasteiger partial charge < -0.3 is 5.73 Å². The quantitative estimate of drug-likeness (QED) is 0.542. The Kier molecular flexibility index (Phi) is 2.43. The van der Waals surface area contributed by atoms with Crippen molar-refractivity contribution in [2.45, 2.75) is 18.9 Å². The first-order valence-electron chi connectivity index (χ1n) is 4.86. The molecule has 0 aromatic heterocycles. The van der Waals surface area contributed by atoms with E-state index >= 15 is 0 Å². The second-order valence-corrected chi connectivity index (χ2v) is 3.63. The van der Waals surface area contributed by atoms with E-state index < -0.39 is 0 Å². The molecule has 2 nitrogen and oxygen atoms in total. The molecule has 0 amide bonds. The summed E-state index contributed by atoms with van der Waals surface area (Å²) in [4.78, 5) is 0. The Hall–Kier alpha value is -1.46. The second-order valence-electron chi connectivity index (χ2n) is 3.63. The SMILES string of the molecule is C#CCN[C@@H]1CCc2ccc(N)cc21. The van der Waals surface area contributed by atoms with Crippen molar-refractivity contribution in [3.63, 3.8) is 0 Å². The van der Waals surface area contributed by atoms with Crippen LogP contribution in [-0.2, 0) is 6.42 Å². The summed E-state index contributed by atoms with van der Waals surface area (Å²) in [5.74, 6) is 2.60. The highest BCUT2D eigenvalue weighted by atomic mass is 14.9. The van der Waals surface area contributed by atoms with Gasteiger partial charge in [-0.3, -0.25) is 5.32 Å². The fourth-order valence-corrected chi connectivity index (χ4v) is 2.01. The third kappa shape index (κ3) is 1.59. The van der Waals surface area contributed by atoms with Crippen LogP contribution in [-0.4, -0.2) is 6.54 Å². The fourth-order valence-electron chi connectivity index (χ4n) is 2.01. The molecule has 0 aliphatic heterocycles. The van der Waals surface area contributed by atoms with Crippen LogP contribution in [0.25, 0.3) is 0 Å². The van der Waals surface area contributed by atoms with Crippen molar-refractivity contribution in [3.05, 3.63) is 29.3 Å². The number of nitrogens with one attached hydrogen (secondary N) is 1. The topological polar surface area (TPSA) is 38.0 Å². The molecule has 0 heterocycles. The summed E-state index contributed by atoms with van der Waals surface area (Å²) < 4.78 is 0. The van der Waals surface area contributed by atoms with Gasteiger partial charge in [0.2, 0.25) is 0 Å². The monoisotopic (exact) mass is 186 g/mol. The van der Waals surface area contributed by atoms with Crippen LogP contribution in [0.2, 0.25) is 0 Å². The zero-order valence-corrected chi connectivity index (χ0v) is 8.09. The van der Waals surface area contributed by atoms with Crippen molar-refractivity contribution in [2.75, 3.05) is 12.3 Å². The van der Waals surface area contributed by atoms with Crippen molar-refractivity contribution < 1.29 is 0 Å². The van der Waals surface area contributed by atoms with Gasteiger partial charge in [0.15, 0.2) is 0 Å². The largest absolute Gasteiger partial charge is 0.399 e. The molecule has 0 bridgehead atoms. The molecule has 0 radical (unpaired) electrons. The number of terminal acetylenes is 1. The number of nitrogens with two attached hydrogens (primary N) is 1. The first-order valence-corrected chi connectivity index (χ1v) is 4.86. The summed E-state index contributed by atoms with van der Waals surface area (Å²) in [6.07, 6.45) is 7.47. The Morgan fingerprint density at radius 2 is 2.43 bits per heavy atom. The number of hydrogen-bond acceptors (Lipinski definition) is 2. The maximum absolute atomic E-state index is 5.75. The Balaban J connectivity index is 2.21. The number of aryl methyl sites for hydroxylation is 1. The van der Waals surface area contributed by atoms with Crippen LogP contribution in [0.4, 0.5) is 5.69 Å². The normalized spacial score (nSPS) is 18.9.